The molecule has 0 aliphatic carbocycles. The number of quaternary nitrogens is 1. The van der Waals surface area contributed by atoms with E-state index < -0.39 is 45.1 Å². The summed E-state index contributed by atoms with van der Waals surface area (Å²) >= 11 is 6.19. The molecule has 5 aromatic rings. The van der Waals surface area contributed by atoms with E-state index in [2.05, 4.69) is 27.3 Å². The summed E-state index contributed by atoms with van der Waals surface area (Å²) < 4.78 is 81.2. The van der Waals surface area contributed by atoms with Gasteiger partial charge < -0.3 is 34.1 Å². The quantitative estimate of drug-likeness (QED) is 0.0800. The maximum absolute atomic E-state index is 14.3. The van der Waals surface area contributed by atoms with Gasteiger partial charge in [-0.3, -0.25) is 4.79 Å². The van der Waals surface area contributed by atoms with Crippen LogP contribution in [-0.2, 0) is 32.7 Å². The number of fused-ring (bicyclic) bond motifs is 2. The van der Waals surface area contributed by atoms with E-state index in [-0.39, 0.29) is 40.8 Å². The lowest BCUT2D eigenvalue weighted by molar-refractivity contribution is -0.918. The number of likely N-dealkylation sites (tertiary alicyclic amines) is 1. The van der Waals surface area contributed by atoms with Gasteiger partial charge in [0.1, 0.15) is 41.5 Å². The van der Waals surface area contributed by atoms with E-state index in [0.29, 0.717) is 46.7 Å². The maximum atomic E-state index is 14.3. The largest absolute Gasteiger partial charge is 0.508 e. The van der Waals surface area contributed by atoms with Gasteiger partial charge in [-0.1, -0.05) is 23.7 Å². The molecule has 0 spiro atoms. The molecular formula is C38H36ClF3N6O11S+2. The number of hydrogen-bond donors (Lipinski definition) is 4. The number of alkyl halides is 3. The van der Waals surface area contributed by atoms with Crippen molar-refractivity contribution in [2.75, 3.05) is 32.2 Å². The Labute approximate surface area is 344 Å². The number of ether oxygens (including phenoxy) is 2. The third kappa shape index (κ3) is 10.2. The fourth-order valence-electron chi connectivity index (χ4n) is 6.74. The van der Waals surface area contributed by atoms with Crippen molar-refractivity contribution in [2.24, 2.45) is 5.73 Å². The number of carboxylic acids is 1. The van der Waals surface area contributed by atoms with Gasteiger partial charge in [0, 0.05) is 24.8 Å². The summed E-state index contributed by atoms with van der Waals surface area (Å²) in [5.74, 6) is -2.09. The number of benzene rings is 4. The normalized spacial score (nSPS) is 17.6. The van der Waals surface area contributed by atoms with E-state index in [0.717, 1.165) is 24.2 Å². The highest BCUT2D eigenvalue weighted by Gasteiger charge is 2.40. The van der Waals surface area contributed by atoms with E-state index in [9.17, 15) is 36.3 Å². The number of carbonyl (C=O) groups is 3. The lowest BCUT2D eigenvalue weighted by Crippen LogP contribution is -2.56. The van der Waals surface area contributed by atoms with E-state index in [4.69, 9.17) is 40.9 Å². The molecule has 1 saturated heterocycles. The van der Waals surface area contributed by atoms with Crippen molar-refractivity contribution in [1.82, 2.24) is 10.3 Å². The number of nitrogens with one attached hydrogen (secondary N) is 1. The first-order valence-electron chi connectivity index (χ1n) is 17.8. The summed E-state index contributed by atoms with van der Waals surface area (Å²) in [5.41, 5.74) is 8.86. The van der Waals surface area contributed by atoms with Gasteiger partial charge in [-0.05, 0) is 82.6 Å². The zero-order valence-electron chi connectivity index (χ0n) is 31.4. The van der Waals surface area contributed by atoms with Crippen LogP contribution >= 0.6 is 11.6 Å². The number of phenolic OH excluding ortho intramolecular Hbond substituents is 1. The zero-order valence-corrected chi connectivity index (χ0v) is 33.0. The summed E-state index contributed by atoms with van der Waals surface area (Å²) in [4.78, 5) is 35.9. The number of amides is 3. The Morgan fingerprint density at radius 2 is 1.67 bits per heavy atom. The van der Waals surface area contributed by atoms with Gasteiger partial charge in [0.2, 0.25) is 6.79 Å². The molecule has 316 valence electrons. The number of nitrogens with two attached hydrogens (primary N) is 1. The molecule has 7 rings (SSSR count). The lowest BCUT2D eigenvalue weighted by atomic mass is 10.0. The number of phenols is 1. The number of rotatable bonds is 10. The standard InChI is InChI=1S/C36H33ClN6O9S.C2HF3O2/c1-43(19-23-6-15-31-32(18-23)50-21-49-31)16-2-3-25(20-43)42(30(35(38)45)17-22-4-9-26(44)10-5-22)36(46)39-24-7-11-27(12-8-24)51-53(47,48)34-28(37)13-14-29-33(34)41-52-40-29;3-2(4,5)1(6)7/h4-15,18,30H,2-3,16-17,19-21H2,1H3,(H2-2,38,39,44,45,46);(H,6,7)/p+2/b42-25+;/t30-,43?;/m0./s1. The Morgan fingerprint density at radius 3 is 2.33 bits per heavy atom. The molecule has 1 aromatic heterocycles. The van der Waals surface area contributed by atoms with E-state index >= 15 is 0 Å². The van der Waals surface area contributed by atoms with Crippen molar-refractivity contribution >= 4 is 62.1 Å². The van der Waals surface area contributed by atoms with Gasteiger partial charge in [-0.25, -0.2) is 14.7 Å². The predicted octanol–water partition coefficient (Wildman–Crippen LogP) is 5.23. The van der Waals surface area contributed by atoms with Crippen molar-refractivity contribution in [3.05, 3.63) is 95.0 Å². The summed E-state index contributed by atoms with van der Waals surface area (Å²) in [6, 6.07) is 19.0. The molecule has 2 atom stereocenters. The number of anilines is 1. The number of hydrogen-bond acceptors (Lipinski definition) is 12. The number of primary amides is 1. The molecule has 4 aromatic carbocycles. The van der Waals surface area contributed by atoms with Crippen LogP contribution in [0.25, 0.3) is 11.0 Å². The van der Waals surface area contributed by atoms with Gasteiger partial charge in [0.05, 0.1) is 18.6 Å². The number of aromatic hydroxyl groups is 1. The minimum atomic E-state index is -5.08. The molecule has 2 aliphatic rings. The molecule has 1 fully saturated rings. The molecule has 1 unspecified atom stereocenters. The molecule has 60 heavy (non-hydrogen) atoms. The minimum absolute atomic E-state index is 0.0627. The van der Waals surface area contributed by atoms with Crippen LogP contribution in [0.1, 0.15) is 24.0 Å². The third-order valence-corrected chi connectivity index (χ3v) is 11.2. The number of aromatic nitrogens is 2. The van der Waals surface area contributed by atoms with Crippen LogP contribution in [0.15, 0.2) is 88.4 Å². The Morgan fingerprint density at radius 1 is 1.00 bits per heavy atom. The Hall–Kier alpha value is -6.45. The van der Waals surface area contributed by atoms with Crippen molar-refractivity contribution < 1.29 is 73.5 Å². The van der Waals surface area contributed by atoms with Gasteiger partial charge in [0.25, 0.3) is 5.91 Å². The molecular weight excluding hydrogens is 841 g/mol. The van der Waals surface area contributed by atoms with Crippen molar-refractivity contribution in [2.45, 2.75) is 42.9 Å². The second kappa shape index (κ2) is 17.4. The second-order valence-electron chi connectivity index (χ2n) is 14.0. The number of halogens is 4. The van der Waals surface area contributed by atoms with Crippen LogP contribution in [0.3, 0.4) is 0 Å². The van der Waals surface area contributed by atoms with Crippen LogP contribution in [0.4, 0.5) is 23.7 Å². The Bertz CT molecular complexity index is 2570. The minimum Gasteiger partial charge on any atom is -0.508 e. The molecule has 22 heteroatoms. The summed E-state index contributed by atoms with van der Waals surface area (Å²) in [5, 5.41) is 27.0. The average Bonchev–Trinajstić information content (AvgIpc) is 3.85. The monoisotopic (exact) mass is 876 g/mol. The molecule has 0 saturated carbocycles. The fourth-order valence-corrected chi connectivity index (χ4v) is 8.31. The topological polar surface area (TPSA) is 233 Å². The Kier molecular flexibility index (Phi) is 12.5. The van der Waals surface area contributed by atoms with Gasteiger partial charge in [-0.15, -0.1) is 0 Å². The van der Waals surface area contributed by atoms with Crippen LogP contribution in [0.5, 0.6) is 23.0 Å². The molecule has 17 nitrogen and oxygen atoms in total. The third-order valence-electron chi connectivity index (χ3n) is 9.43. The number of nitrogens with zero attached hydrogens (tertiary/aromatic N) is 4. The van der Waals surface area contributed by atoms with E-state index in [1.165, 1.54) is 53.1 Å². The molecule has 0 bridgehead atoms. The predicted molar refractivity (Wildman–Crippen MR) is 205 cm³/mol. The summed E-state index contributed by atoms with van der Waals surface area (Å²) in [7, 11) is -2.37. The van der Waals surface area contributed by atoms with Crippen molar-refractivity contribution in [3.8, 4) is 23.0 Å². The smallest absolute Gasteiger partial charge is 0.496 e. The van der Waals surface area contributed by atoms with Crippen molar-refractivity contribution in [1.29, 1.82) is 0 Å². The number of carbonyl (C=O) groups excluding carboxylic acids is 2. The van der Waals surface area contributed by atoms with Crippen LogP contribution in [0.2, 0.25) is 5.02 Å². The lowest BCUT2D eigenvalue weighted by Gasteiger charge is -2.38. The highest BCUT2D eigenvalue weighted by atomic mass is 35.5. The van der Waals surface area contributed by atoms with Crippen LogP contribution < -0.4 is 24.7 Å². The molecule has 0 radical (unpaired) electrons. The second-order valence-corrected chi connectivity index (χ2v) is 15.9. The summed E-state index contributed by atoms with van der Waals surface area (Å²) in [6.07, 6.45) is -3.70. The summed E-state index contributed by atoms with van der Waals surface area (Å²) in [6.45, 7) is 2.07. The van der Waals surface area contributed by atoms with Gasteiger partial charge in [0.15, 0.2) is 28.0 Å². The van der Waals surface area contributed by atoms with Gasteiger partial charge in [-0.2, -0.15) is 31.0 Å². The van der Waals surface area contributed by atoms with E-state index in [1.54, 1.807) is 12.1 Å². The molecule has 3 heterocycles. The maximum Gasteiger partial charge on any atom is 0.496 e. The fraction of sp³-hybridized carbons (Fsp3) is 0.263. The highest BCUT2D eigenvalue weighted by Crippen LogP contribution is 2.34. The first kappa shape index (κ1) is 43.1. The number of aliphatic carboxylic acids is 1. The zero-order chi connectivity index (χ0) is 43.4. The molecule has 5 N–H and O–H groups in total. The van der Waals surface area contributed by atoms with Gasteiger partial charge >= 0.3 is 28.3 Å². The van der Waals surface area contributed by atoms with E-state index in [1.807, 2.05) is 18.2 Å². The number of piperidine rings is 1. The number of urea groups is 1. The molecule has 2 aliphatic heterocycles. The highest BCUT2D eigenvalue weighted by molar-refractivity contribution is 7.87. The SMILES string of the molecule is C[N+]1(Cc2ccc3c(c2)OCO3)CCC/C(=[N+](\C(=O)Nc2ccc(OS(=O)(=O)c3c(Cl)ccc4nonc34)cc2)[C@@H](Cc2ccc(O)cc2)C(N)=O)C1.O=C(O)C(F)(F)F. The Balaban J connectivity index is 0.000000793. The first-order valence-corrected chi connectivity index (χ1v) is 19.6. The van der Waals surface area contributed by atoms with Crippen molar-refractivity contribution in [3.63, 3.8) is 0 Å². The average molecular weight is 877 g/mol. The molecule has 3 amide bonds. The van der Waals surface area contributed by atoms with Crippen LogP contribution in [-0.4, -0.2) is 101 Å². The first-order chi connectivity index (χ1) is 28.3. The van der Waals surface area contributed by atoms with Crippen LogP contribution in [0, 0.1) is 0 Å². The number of carboxylic acid groups (broad SMARTS) is 1.